The Morgan fingerprint density at radius 2 is 1.63 bits per heavy atom. The highest BCUT2D eigenvalue weighted by atomic mass is 16.5. The van der Waals surface area contributed by atoms with Crippen molar-refractivity contribution in [3.8, 4) is 0 Å². The minimum atomic E-state index is -0.707. The fourth-order valence-electron chi connectivity index (χ4n) is 3.72. The van der Waals surface area contributed by atoms with E-state index in [9.17, 15) is 14.4 Å². The van der Waals surface area contributed by atoms with Crippen molar-refractivity contribution in [3.63, 3.8) is 0 Å². The van der Waals surface area contributed by atoms with E-state index in [4.69, 9.17) is 9.47 Å². The number of methoxy groups -OCH3 is 2. The van der Waals surface area contributed by atoms with Gasteiger partial charge in [0.05, 0.1) is 25.5 Å². The first kappa shape index (κ1) is 21.4. The second-order valence-corrected chi connectivity index (χ2v) is 7.12. The summed E-state index contributed by atoms with van der Waals surface area (Å²) in [5, 5.41) is 0. The molecular formula is C23H26N2O5. The van der Waals surface area contributed by atoms with Gasteiger partial charge < -0.3 is 19.3 Å². The zero-order chi connectivity index (χ0) is 21.7. The number of piperidine rings is 1. The molecule has 7 heteroatoms. The maximum atomic E-state index is 12.6. The monoisotopic (exact) mass is 410 g/mol. The van der Waals surface area contributed by atoms with Crippen LogP contribution in [0.2, 0.25) is 0 Å². The third-order valence-corrected chi connectivity index (χ3v) is 5.23. The lowest BCUT2D eigenvalue weighted by Gasteiger charge is -2.30. The Hall–Kier alpha value is -3.35. The number of Topliss-reactive ketones (excluding diaryl/α,β-unsaturated/α-hetero) is 1. The quantitative estimate of drug-likeness (QED) is 0.544. The van der Waals surface area contributed by atoms with E-state index >= 15 is 0 Å². The van der Waals surface area contributed by atoms with Crippen molar-refractivity contribution in [1.29, 1.82) is 0 Å². The summed E-state index contributed by atoms with van der Waals surface area (Å²) in [5.41, 5.74) is 1.95. The first-order valence-electron chi connectivity index (χ1n) is 9.93. The van der Waals surface area contributed by atoms with Gasteiger partial charge in [-0.15, -0.1) is 0 Å². The highest BCUT2D eigenvalue weighted by Gasteiger charge is 2.29. The zero-order valence-corrected chi connectivity index (χ0v) is 17.5. The van der Waals surface area contributed by atoms with Crippen molar-refractivity contribution in [2.45, 2.75) is 26.2 Å². The minimum absolute atomic E-state index is 0.0115. The van der Waals surface area contributed by atoms with Crippen molar-refractivity contribution >= 4 is 29.1 Å². The number of ketones is 1. The van der Waals surface area contributed by atoms with Crippen LogP contribution in [-0.2, 0) is 19.1 Å². The smallest absolute Gasteiger partial charge is 0.355 e. The van der Waals surface area contributed by atoms with E-state index in [0.29, 0.717) is 11.3 Å². The van der Waals surface area contributed by atoms with Gasteiger partial charge in [-0.05, 0) is 56.5 Å². The van der Waals surface area contributed by atoms with Crippen molar-refractivity contribution in [3.05, 3.63) is 59.5 Å². The van der Waals surface area contributed by atoms with Crippen LogP contribution >= 0.6 is 0 Å². The Bertz CT molecular complexity index is 939. The van der Waals surface area contributed by atoms with Crippen molar-refractivity contribution in [2.75, 3.05) is 37.1 Å². The fourth-order valence-corrected chi connectivity index (χ4v) is 3.72. The van der Waals surface area contributed by atoms with Crippen LogP contribution in [-0.4, -0.2) is 45.0 Å². The average molecular weight is 410 g/mol. The molecule has 0 saturated carbocycles. The number of hydrogen-bond donors (Lipinski definition) is 0. The van der Waals surface area contributed by atoms with Crippen LogP contribution < -0.4 is 9.80 Å². The molecule has 0 aliphatic carbocycles. The number of ether oxygens (including phenoxy) is 2. The van der Waals surface area contributed by atoms with Gasteiger partial charge in [0.25, 0.3) is 0 Å². The van der Waals surface area contributed by atoms with Crippen LogP contribution in [0.15, 0.2) is 53.9 Å². The molecule has 2 aliphatic rings. The molecule has 1 aromatic rings. The maximum Gasteiger partial charge on any atom is 0.355 e. The Morgan fingerprint density at radius 3 is 2.27 bits per heavy atom. The molecule has 0 aromatic heterocycles. The number of allylic oxidation sites excluding steroid dienone is 2. The van der Waals surface area contributed by atoms with Gasteiger partial charge in [0.2, 0.25) is 0 Å². The molecule has 1 fully saturated rings. The highest BCUT2D eigenvalue weighted by molar-refractivity contribution is 6.08. The second kappa shape index (κ2) is 9.43. The predicted molar refractivity (Wildman–Crippen MR) is 114 cm³/mol. The van der Waals surface area contributed by atoms with Crippen molar-refractivity contribution in [1.82, 2.24) is 0 Å². The zero-order valence-electron chi connectivity index (χ0n) is 17.5. The number of anilines is 2. The third kappa shape index (κ3) is 4.30. The third-order valence-electron chi connectivity index (χ3n) is 5.23. The van der Waals surface area contributed by atoms with Crippen molar-refractivity contribution < 1.29 is 23.9 Å². The van der Waals surface area contributed by atoms with E-state index in [2.05, 4.69) is 4.90 Å². The van der Waals surface area contributed by atoms with Gasteiger partial charge in [-0.2, -0.15) is 0 Å². The van der Waals surface area contributed by atoms with Gasteiger partial charge in [-0.1, -0.05) is 6.08 Å². The van der Waals surface area contributed by atoms with E-state index in [0.717, 1.165) is 31.6 Å². The highest BCUT2D eigenvalue weighted by Crippen LogP contribution is 2.33. The van der Waals surface area contributed by atoms with Crippen LogP contribution in [0.4, 0.5) is 11.4 Å². The van der Waals surface area contributed by atoms with Crippen LogP contribution in [0.5, 0.6) is 0 Å². The molecule has 0 bridgehead atoms. The summed E-state index contributed by atoms with van der Waals surface area (Å²) in [6, 6.07) is 5.59. The molecule has 0 atom stereocenters. The largest absolute Gasteiger partial charge is 0.465 e. The van der Waals surface area contributed by atoms with Crippen LogP contribution in [0.1, 0.15) is 36.5 Å². The number of carbonyl (C=O) groups excluding carboxylic acids is 3. The Morgan fingerprint density at radius 1 is 0.933 bits per heavy atom. The summed E-state index contributed by atoms with van der Waals surface area (Å²) in [5.74, 6) is -1.52. The molecule has 2 heterocycles. The first-order chi connectivity index (χ1) is 14.5. The van der Waals surface area contributed by atoms with Gasteiger partial charge in [0, 0.05) is 30.5 Å². The second-order valence-electron chi connectivity index (χ2n) is 7.12. The standard InChI is InChI=1S/C23H26N2O5/c1-16(26)19-15-17(24-12-6-4-7-13-24)10-11-20(19)25-14-8-5-9-18(22(27)29-2)21(25)23(28)30-3/h5,8-11,14-15H,4,6-7,12-13H2,1-3H3. The molecule has 0 spiro atoms. The molecular weight excluding hydrogens is 384 g/mol. The molecule has 0 amide bonds. The topological polar surface area (TPSA) is 76.2 Å². The summed E-state index contributed by atoms with van der Waals surface area (Å²) in [7, 11) is 2.49. The SMILES string of the molecule is COC(=O)C1=C(C(=O)OC)N(c2ccc(N3CCCCC3)cc2C(C)=O)C=CC=C1. The van der Waals surface area contributed by atoms with Crippen LogP contribution in [0.3, 0.4) is 0 Å². The lowest BCUT2D eigenvalue weighted by molar-refractivity contribution is -0.139. The van der Waals surface area contributed by atoms with E-state index in [1.54, 1.807) is 24.4 Å². The molecule has 1 aromatic carbocycles. The van der Waals surface area contributed by atoms with E-state index in [1.165, 1.54) is 38.5 Å². The Kier molecular flexibility index (Phi) is 6.72. The summed E-state index contributed by atoms with van der Waals surface area (Å²) in [4.78, 5) is 41.3. The van der Waals surface area contributed by atoms with Gasteiger partial charge in [0.15, 0.2) is 5.78 Å². The lowest BCUT2D eigenvalue weighted by Crippen LogP contribution is -2.30. The van der Waals surface area contributed by atoms with Gasteiger partial charge in [-0.3, -0.25) is 4.79 Å². The first-order valence-corrected chi connectivity index (χ1v) is 9.93. The normalized spacial score (nSPS) is 16.4. The van der Waals surface area contributed by atoms with Crippen LogP contribution in [0, 0.1) is 0 Å². The number of benzene rings is 1. The molecule has 1 saturated heterocycles. The summed E-state index contributed by atoms with van der Waals surface area (Å²) in [6.45, 7) is 3.38. The Labute approximate surface area is 176 Å². The van der Waals surface area contributed by atoms with Crippen molar-refractivity contribution in [2.24, 2.45) is 0 Å². The minimum Gasteiger partial charge on any atom is -0.465 e. The number of carbonyl (C=O) groups is 3. The number of hydrogen-bond acceptors (Lipinski definition) is 7. The van der Waals surface area contributed by atoms with Gasteiger partial charge in [0.1, 0.15) is 5.70 Å². The number of esters is 2. The molecule has 0 N–H and O–H groups in total. The molecule has 2 aliphatic heterocycles. The molecule has 158 valence electrons. The number of rotatable bonds is 5. The predicted octanol–water partition coefficient (Wildman–Crippen LogP) is 3.37. The van der Waals surface area contributed by atoms with Gasteiger partial charge in [-0.25, -0.2) is 9.59 Å². The van der Waals surface area contributed by atoms with E-state index < -0.39 is 11.9 Å². The number of nitrogens with zero attached hydrogens (tertiary/aromatic N) is 2. The summed E-state index contributed by atoms with van der Waals surface area (Å²) < 4.78 is 9.78. The summed E-state index contributed by atoms with van der Waals surface area (Å²) in [6.07, 6.45) is 9.88. The van der Waals surface area contributed by atoms with E-state index in [-0.39, 0.29) is 17.1 Å². The average Bonchev–Trinajstić information content (AvgIpc) is 3.01. The van der Waals surface area contributed by atoms with Gasteiger partial charge >= 0.3 is 11.9 Å². The lowest BCUT2D eigenvalue weighted by atomic mass is 10.0. The maximum absolute atomic E-state index is 12.6. The van der Waals surface area contributed by atoms with Crippen LogP contribution in [0.25, 0.3) is 0 Å². The molecule has 0 unspecified atom stereocenters. The molecule has 30 heavy (non-hydrogen) atoms. The Balaban J connectivity index is 2.14. The molecule has 0 radical (unpaired) electrons. The summed E-state index contributed by atoms with van der Waals surface area (Å²) >= 11 is 0. The molecule has 7 nitrogen and oxygen atoms in total. The molecule has 3 rings (SSSR count). The fraction of sp³-hybridized carbons (Fsp3) is 0.348. The van der Waals surface area contributed by atoms with E-state index in [1.807, 2.05) is 12.1 Å².